The lowest BCUT2D eigenvalue weighted by Crippen LogP contribution is -2.23. The summed E-state index contributed by atoms with van der Waals surface area (Å²) < 4.78 is 0. The molecule has 42 heavy (non-hydrogen) atoms. The highest BCUT2D eigenvalue weighted by Gasteiger charge is 2.14. The van der Waals surface area contributed by atoms with Crippen molar-refractivity contribution in [3.05, 3.63) is 0 Å². The van der Waals surface area contributed by atoms with Gasteiger partial charge in [0, 0.05) is 5.92 Å². The van der Waals surface area contributed by atoms with E-state index in [1.807, 2.05) is 0 Å². The molecule has 0 aromatic heterocycles. The minimum atomic E-state index is -0.0528. The third-order valence-corrected chi connectivity index (χ3v) is 9.71. The molecule has 0 aliphatic heterocycles. The minimum Gasteiger partial charge on any atom is -0.369 e. The van der Waals surface area contributed by atoms with Crippen LogP contribution in [-0.4, -0.2) is 5.91 Å². The molecule has 0 aromatic carbocycles. The quantitative estimate of drug-likeness (QED) is 0.0717. The lowest BCUT2D eigenvalue weighted by atomic mass is 9.93. The number of nitrogens with two attached hydrogens (primary N) is 1. The lowest BCUT2D eigenvalue weighted by molar-refractivity contribution is -0.122. The van der Waals surface area contributed by atoms with Gasteiger partial charge in [-0.15, -0.1) is 0 Å². The maximum Gasteiger partial charge on any atom is 0.220 e. The highest BCUT2D eigenvalue weighted by molar-refractivity contribution is 5.76. The Morgan fingerprint density at radius 3 is 0.667 bits per heavy atom. The first-order valence-corrected chi connectivity index (χ1v) is 20.0. The third-order valence-electron chi connectivity index (χ3n) is 9.71. The van der Waals surface area contributed by atoms with Crippen LogP contribution in [0.3, 0.4) is 0 Å². The zero-order valence-electron chi connectivity index (χ0n) is 29.5. The van der Waals surface area contributed by atoms with Crippen molar-refractivity contribution < 1.29 is 4.79 Å². The maximum absolute atomic E-state index is 11.9. The number of carbonyl (C=O) groups excluding carboxylic acids is 1. The average Bonchev–Trinajstić information content (AvgIpc) is 2.99. The van der Waals surface area contributed by atoms with Crippen LogP contribution < -0.4 is 5.73 Å². The van der Waals surface area contributed by atoms with Crippen LogP contribution >= 0.6 is 0 Å². The van der Waals surface area contributed by atoms with E-state index in [9.17, 15) is 4.79 Å². The molecule has 0 heterocycles. The number of carbonyl (C=O) groups is 1. The Balaban J connectivity index is 3.36. The molecule has 2 heteroatoms. The molecular formula is C40H81NO. The van der Waals surface area contributed by atoms with Gasteiger partial charge in [-0.2, -0.15) is 0 Å². The van der Waals surface area contributed by atoms with Crippen molar-refractivity contribution in [2.45, 2.75) is 245 Å². The molecule has 0 spiro atoms. The SMILES string of the molecule is CCCCCCCCCCCCCCCCCCCCC(CCCCCCCCCCCCCCCCCC)C(N)=O. The van der Waals surface area contributed by atoms with Gasteiger partial charge >= 0.3 is 0 Å². The second-order valence-corrected chi connectivity index (χ2v) is 14.0. The number of hydrogen-bond acceptors (Lipinski definition) is 1. The molecule has 0 saturated carbocycles. The van der Waals surface area contributed by atoms with E-state index in [1.165, 1.54) is 218 Å². The van der Waals surface area contributed by atoms with Gasteiger partial charge in [-0.1, -0.05) is 232 Å². The molecule has 0 saturated heterocycles. The Hall–Kier alpha value is -0.530. The van der Waals surface area contributed by atoms with Gasteiger partial charge in [0.2, 0.25) is 5.91 Å². The smallest absolute Gasteiger partial charge is 0.220 e. The molecule has 0 aliphatic carbocycles. The molecule has 0 rings (SSSR count). The van der Waals surface area contributed by atoms with Gasteiger partial charge in [-0.25, -0.2) is 0 Å². The van der Waals surface area contributed by atoms with E-state index in [4.69, 9.17) is 5.73 Å². The van der Waals surface area contributed by atoms with Crippen LogP contribution in [0.5, 0.6) is 0 Å². The molecule has 252 valence electrons. The minimum absolute atomic E-state index is 0.0528. The van der Waals surface area contributed by atoms with Gasteiger partial charge in [0.15, 0.2) is 0 Å². The zero-order chi connectivity index (χ0) is 30.6. The van der Waals surface area contributed by atoms with Crippen molar-refractivity contribution in [1.29, 1.82) is 0 Å². The first-order chi connectivity index (χ1) is 20.7. The van der Waals surface area contributed by atoms with Crippen LogP contribution in [-0.2, 0) is 4.79 Å². The van der Waals surface area contributed by atoms with E-state index in [0.717, 1.165) is 12.8 Å². The maximum atomic E-state index is 11.9. The zero-order valence-corrected chi connectivity index (χ0v) is 29.5. The van der Waals surface area contributed by atoms with Crippen molar-refractivity contribution >= 4 is 5.91 Å². The first-order valence-electron chi connectivity index (χ1n) is 20.0. The Labute approximate surface area is 266 Å². The van der Waals surface area contributed by atoms with Crippen molar-refractivity contribution in [3.63, 3.8) is 0 Å². The summed E-state index contributed by atoms with van der Waals surface area (Å²) >= 11 is 0. The average molecular weight is 592 g/mol. The Morgan fingerprint density at radius 1 is 0.333 bits per heavy atom. The standard InChI is InChI=1S/C40H81NO/c1-3-5-7-9-11-13-15-17-19-21-22-24-26-28-30-32-34-36-38-39(40(41)42)37-35-33-31-29-27-25-23-20-18-16-14-12-10-8-6-4-2/h39H,3-38H2,1-2H3,(H2,41,42). The fraction of sp³-hybridized carbons (Fsp3) is 0.975. The lowest BCUT2D eigenvalue weighted by Gasteiger charge is -2.13. The molecule has 1 amide bonds. The summed E-state index contributed by atoms with van der Waals surface area (Å²) in [5.41, 5.74) is 5.74. The third kappa shape index (κ3) is 34.0. The second kappa shape index (κ2) is 36.7. The molecule has 0 aromatic rings. The van der Waals surface area contributed by atoms with Crippen LogP contribution in [0.2, 0.25) is 0 Å². The van der Waals surface area contributed by atoms with Crippen molar-refractivity contribution in [3.8, 4) is 0 Å². The molecule has 0 radical (unpaired) electrons. The Morgan fingerprint density at radius 2 is 0.500 bits per heavy atom. The molecular weight excluding hydrogens is 510 g/mol. The Kier molecular flexibility index (Phi) is 36.2. The summed E-state index contributed by atoms with van der Waals surface area (Å²) in [5, 5.41) is 0. The van der Waals surface area contributed by atoms with Gasteiger partial charge in [-0.05, 0) is 12.8 Å². The van der Waals surface area contributed by atoms with Crippen LogP contribution in [0.15, 0.2) is 0 Å². The monoisotopic (exact) mass is 592 g/mol. The van der Waals surface area contributed by atoms with Crippen LogP contribution in [0, 0.1) is 5.92 Å². The highest BCUT2D eigenvalue weighted by atomic mass is 16.1. The topological polar surface area (TPSA) is 43.1 Å². The van der Waals surface area contributed by atoms with Crippen molar-refractivity contribution in [2.24, 2.45) is 11.7 Å². The highest BCUT2D eigenvalue weighted by Crippen LogP contribution is 2.20. The normalized spacial score (nSPS) is 12.2. The number of amides is 1. The molecule has 2 N–H and O–H groups in total. The number of unbranched alkanes of at least 4 members (excludes halogenated alkanes) is 32. The summed E-state index contributed by atoms with van der Waals surface area (Å²) in [6.07, 6.45) is 49.7. The Bertz CT molecular complexity index is 504. The molecule has 0 fully saturated rings. The van der Waals surface area contributed by atoms with E-state index in [0.29, 0.717) is 0 Å². The summed E-state index contributed by atoms with van der Waals surface area (Å²) in [7, 11) is 0. The summed E-state index contributed by atoms with van der Waals surface area (Å²) in [6, 6.07) is 0. The molecule has 0 aliphatic rings. The van der Waals surface area contributed by atoms with Gasteiger partial charge in [-0.3, -0.25) is 4.79 Å². The summed E-state index contributed by atoms with van der Waals surface area (Å²) in [5.74, 6) is 0.0700. The van der Waals surface area contributed by atoms with E-state index in [-0.39, 0.29) is 11.8 Å². The largest absolute Gasteiger partial charge is 0.369 e. The molecule has 0 bridgehead atoms. The molecule has 1 unspecified atom stereocenters. The number of primary amides is 1. The fourth-order valence-electron chi connectivity index (χ4n) is 6.66. The number of rotatable bonds is 37. The van der Waals surface area contributed by atoms with Gasteiger partial charge < -0.3 is 5.73 Å². The van der Waals surface area contributed by atoms with Gasteiger partial charge in [0.1, 0.15) is 0 Å². The van der Waals surface area contributed by atoms with Crippen molar-refractivity contribution in [1.82, 2.24) is 0 Å². The predicted molar refractivity (Wildman–Crippen MR) is 190 cm³/mol. The van der Waals surface area contributed by atoms with E-state index < -0.39 is 0 Å². The first kappa shape index (κ1) is 41.5. The van der Waals surface area contributed by atoms with Crippen molar-refractivity contribution in [2.75, 3.05) is 0 Å². The van der Waals surface area contributed by atoms with Crippen LogP contribution in [0.25, 0.3) is 0 Å². The van der Waals surface area contributed by atoms with E-state index in [1.54, 1.807) is 0 Å². The molecule has 1 atom stereocenters. The predicted octanol–water partition coefficient (Wildman–Crippen LogP) is 14.2. The molecule has 2 nitrogen and oxygen atoms in total. The summed E-state index contributed by atoms with van der Waals surface area (Å²) in [4.78, 5) is 11.9. The summed E-state index contributed by atoms with van der Waals surface area (Å²) in [6.45, 7) is 4.59. The van der Waals surface area contributed by atoms with E-state index in [2.05, 4.69) is 13.8 Å². The van der Waals surface area contributed by atoms with Gasteiger partial charge in [0.25, 0.3) is 0 Å². The van der Waals surface area contributed by atoms with Gasteiger partial charge in [0.05, 0.1) is 0 Å². The fourth-order valence-corrected chi connectivity index (χ4v) is 6.66. The van der Waals surface area contributed by atoms with Crippen LogP contribution in [0.4, 0.5) is 0 Å². The van der Waals surface area contributed by atoms with Crippen LogP contribution in [0.1, 0.15) is 245 Å². The van der Waals surface area contributed by atoms with E-state index >= 15 is 0 Å². The second-order valence-electron chi connectivity index (χ2n) is 14.0. The number of hydrogen-bond donors (Lipinski definition) is 1.